The summed E-state index contributed by atoms with van der Waals surface area (Å²) in [7, 11) is 0. The standard InChI is InChI=1S/C19H22N4O2/c20-17(19(25)23-12-2-1-3-13-23)14-4-6-15(7-5-14)18(24)22-16-8-10-21-11-9-16/h4-11,17H,1-3,12-13,20H2,(H,21,22,24). The second-order valence-electron chi connectivity index (χ2n) is 6.18. The topological polar surface area (TPSA) is 88.3 Å². The summed E-state index contributed by atoms with van der Waals surface area (Å²) in [6.07, 6.45) is 6.47. The summed E-state index contributed by atoms with van der Waals surface area (Å²) in [5.41, 5.74) is 8.03. The molecule has 0 aliphatic carbocycles. The molecule has 1 atom stereocenters. The van der Waals surface area contributed by atoms with Crippen LogP contribution in [0.3, 0.4) is 0 Å². The van der Waals surface area contributed by atoms with Crippen LogP contribution in [0.5, 0.6) is 0 Å². The second-order valence-corrected chi connectivity index (χ2v) is 6.18. The van der Waals surface area contributed by atoms with Crippen LogP contribution in [0.15, 0.2) is 48.8 Å². The average Bonchev–Trinajstić information content (AvgIpc) is 2.68. The Balaban J connectivity index is 1.64. The molecular weight excluding hydrogens is 316 g/mol. The van der Waals surface area contributed by atoms with Crippen molar-refractivity contribution in [2.24, 2.45) is 5.73 Å². The van der Waals surface area contributed by atoms with Crippen molar-refractivity contribution in [3.8, 4) is 0 Å². The lowest BCUT2D eigenvalue weighted by Gasteiger charge is -2.29. The van der Waals surface area contributed by atoms with Crippen molar-refractivity contribution in [1.82, 2.24) is 9.88 Å². The molecule has 3 N–H and O–H groups in total. The zero-order chi connectivity index (χ0) is 17.6. The molecule has 6 nitrogen and oxygen atoms in total. The number of hydrogen-bond donors (Lipinski definition) is 2. The lowest BCUT2D eigenvalue weighted by atomic mass is 10.0. The van der Waals surface area contributed by atoms with Gasteiger partial charge in [0, 0.05) is 36.7 Å². The Labute approximate surface area is 147 Å². The number of hydrogen-bond acceptors (Lipinski definition) is 4. The summed E-state index contributed by atoms with van der Waals surface area (Å²) in [5.74, 6) is -0.262. The number of aromatic nitrogens is 1. The Morgan fingerprint density at radius 1 is 1.00 bits per heavy atom. The van der Waals surface area contributed by atoms with Crippen molar-refractivity contribution in [3.05, 3.63) is 59.9 Å². The summed E-state index contributed by atoms with van der Waals surface area (Å²) < 4.78 is 0. The van der Waals surface area contributed by atoms with Gasteiger partial charge in [0.05, 0.1) is 0 Å². The van der Waals surface area contributed by atoms with Crippen molar-refractivity contribution in [1.29, 1.82) is 0 Å². The number of rotatable bonds is 4. The maximum atomic E-state index is 12.5. The fourth-order valence-corrected chi connectivity index (χ4v) is 2.93. The molecule has 25 heavy (non-hydrogen) atoms. The molecule has 0 spiro atoms. The quantitative estimate of drug-likeness (QED) is 0.895. The molecule has 1 aromatic heterocycles. The van der Waals surface area contributed by atoms with Crippen LogP contribution in [-0.2, 0) is 4.79 Å². The molecule has 0 radical (unpaired) electrons. The van der Waals surface area contributed by atoms with Crippen LogP contribution >= 0.6 is 0 Å². The lowest BCUT2D eigenvalue weighted by Crippen LogP contribution is -2.41. The number of piperidine rings is 1. The van der Waals surface area contributed by atoms with E-state index in [2.05, 4.69) is 10.3 Å². The summed E-state index contributed by atoms with van der Waals surface area (Å²) in [4.78, 5) is 30.5. The molecule has 6 heteroatoms. The molecule has 130 valence electrons. The predicted octanol–water partition coefficient (Wildman–Crippen LogP) is 2.35. The van der Waals surface area contributed by atoms with Crippen molar-refractivity contribution in [3.63, 3.8) is 0 Å². The lowest BCUT2D eigenvalue weighted by molar-refractivity contribution is -0.133. The Morgan fingerprint density at radius 3 is 2.28 bits per heavy atom. The molecule has 1 aliphatic rings. The van der Waals surface area contributed by atoms with Crippen LogP contribution in [0.25, 0.3) is 0 Å². The zero-order valence-corrected chi connectivity index (χ0v) is 14.0. The molecule has 1 aliphatic heterocycles. The average molecular weight is 338 g/mol. The van der Waals surface area contributed by atoms with Crippen LogP contribution in [0, 0.1) is 0 Å². The third-order valence-electron chi connectivity index (χ3n) is 4.40. The van der Waals surface area contributed by atoms with E-state index in [9.17, 15) is 9.59 Å². The molecule has 2 amide bonds. The summed E-state index contributed by atoms with van der Waals surface area (Å²) in [5, 5.41) is 2.80. The van der Waals surface area contributed by atoms with Gasteiger partial charge in [0.2, 0.25) is 5.91 Å². The number of benzene rings is 1. The number of carbonyl (C=O) groups excluding carboxylic acids is 2. The molecule has 0 bridgehead atoms. The van der Waals surface area contributed by atoms with Crippen molar-refractivity contribution in [2.45, 2.75) is 25.3 Å². The highest BCUT2D eigenvalue weighted by molar-refractivity contribution is 6.04. The van der Waals surface area contributed by atoms with Gasteiger partial charge in [-0.05, 0) is 49.1 Å². The normalized spacial score (nSPS) is 15.5. The third kappa shape index (κ3) is 4.22. The number of pyridine rings is 1. The summed E-state index contributed by atoms with van der Waals surface area (Å²) in [6.45, 7) is 1.55. The van der Waals surface area contributed by atoms with Gasteiger partial charge >= 0.3 is 0 Å². The van der Waals surface area contributed by atoms with Crippen LogP contribution in [0.2, 0.25) is 0 Å². The highest BCUT2D eigenvalue weighted by Gasteiger charge is 2.23. The highest BCUT2D eigenvalue weighted by atomic mass is 16.2. The van der Waals surface area contributed by atoms with E-state index in [1.165, 1.54) is 6.42 Å². The monoisotopic (exact) mass is 338 g/mol. The van der Waals surface area contributed by atoms with Gasteiger partial charge in [-0.15, -0.1) is 0 Å². The molecule has 1 aromatic carbocycles. The van der Waals surface area contributed by atoms with E-state index in [-0.39, 0.29) is 11.8 Å². The Morgan fingerprint density at radius 2 is 1.64 bits per heavy atom. The Bertz CT molecular complexity index is 725. The molecular formula is C19H22N4O2. The van der Waals surface area contributed by atoms with Crippen LogP contribution in [0.4, 0.5) is 5.69 Å². The van der Waals surface area contributed by atoms with Gasteiger partial charge in [0.1, 0.15) is 6.04 Å². The van der Waals surface area contributed by atoms with Gasteiger partial charge in [-0.3, -0.25) is 14.6 Å². The smallest absolute Gasteiger partial charge is 0.255 e. The van der Waals surface area contributed by atoms with E-state index in [1.807, 2.05) is 4.90 Å². The van der Waals surface area contributed by atoms with Crippen molar-refractivity contribution >= 4 is 17.5 Å². The first-order valence-electron chi connectivity index (χ1n) is 8.51. The Kier molecular flexibility index (Phi) is 5.40. The van der Waals surface area contributed by atoms with Crippen LogP contribution in [0.1, 0.15) is 41.2 Å². The molecule has 3 rings (SSSR count). The number of anilines is 1. The van der Waals surface area contributed by atoms with Crippen molar-refractivity contribution in [2.75, 3.05) is 18.4 Å². The van der Waals surface area contributed by atoms with Crippen molar-refractivity contribution < 1.29 is 9.59 Å². The predicted molar refractivity (Wildman–Crippen MR) is 96.0 cm³/mol. The van der Waals surface area contributed by atoms with Gasteiger partial charge in [-0.1, -0.05) is 12.1 Å². The van der Waals surface area contributed by atoms with E-state index in [0.717, 1.165) is 31.5 Å². The first-order valence-corrected chi connectivity index (χ1v) is 8.51. The number of nitrogens with zero attached hydrogens (tertiary/aromatic N) is 2. The molecule has 1 unspecified atom stereocenters. The van der Waals surface area contributed by atoms with Gasteiger partial charge in [-0.25, -0.2) is 0 Å². The number of amides is 2. The molecule has 1 saturated heterocycles. The minimum Gasteiger partial charge on any atom is -0.341 e. The molecule has 2 heterocycles. The number of nitrogens with two attached hydrogens (primary N) is 1. The van der Waals surface area contributed by atoms with Gasteiger partial charge in [0.15, 0.2) is 0 Å². The van der Waals surface area contributed by atoms with E-state index in [4.69, 9.17) is 5.73 Å². The van der Waals surface area contributed by atoms with E-state index in [1.54, 1.807) is 48.8 Å². The third-order valence-corrected chi connectivity index (χ3v) is 4.40. The largest absolute Gasteiger partial charge is 0.341 e. The zero-order valence-electron chi connectivity index (χ0n) is 14.0. The fourth-order valence-electron chi connectivity index (χ4n) is 2.93. The van der Waals surface area contributed by atoms with E-state index < -0.39 is 6.04 Å². The SMILES string of the molecule is NC(C(=O)N1CCCCC1)c1ccc(C(=O)Nc2ccncc2)cc1. The number of likely N-dealkylation sites (tertiary alicyclic amines) is 1. The molecule has 0 saturated carbocycles. The second kappa shape index (κ2) is 7.90. The van der Waals surface area contributed by atoms with E-state index in [0.29, 0.717) is 11.3 Å². The van der Waals surface area contributed by atoms with Crippen LogP contribution in [-0.4, -0.2) is 34.8 Å². The fraction of sp³-hybridized carbons (Fsp3) is 0.316. The Hall–Kier alpha value is -2.73. The van der Waals surface area contributed by atoms with Gasteiger partial charge in [-0.2, -0.15) is 0 Å². The van der Waals surface area contributed by atoms with E-state index >= 15 is 0 Å². The maximum Gasteiger partial charge on any atom is 0.255 e. The van der Waals surface area contributed by atoms with Crippen LogP contribution < -0.4 is 11.1 Å². The minimum absolute atomic E-state index is 0.0475. The molecule has 2 aromatic rings. The molecule has 1 fully saturated rings. The highest BCUT2D eigenvalue weighted by Crippen LogP contribution is 2.18. The van der Waals surface area contributed by atoms with Gasteiger partial charge < -0.3 is 16.0 Å². The number of carbonyl (C=O) groups is 2. The van der Waals surface area contributed by atoms with Gasteiger partial charge in [0.25, 0.3) is 5.91 Å². The first-order chi connectivity index (χ1) is 12.1. The minimum atomic E-state index is -0.685. The number of nitrogens with one attached hydrogen (secondary N) is 1. The first kappa shape index (κ1) is 17.1. The summed E-state index contributed by atoms with van der Waals surface area (Å²) >= 11 is 0. The maximum absolute atomic E-state index is 12.5. The summed E-state index contributed by atoms with van der Waals surface area (Å²) in [6, 6.07) is 9.63.